The number of nitrogens with zero attached hydrogens (tertiary/aromatic N) is 2. The van der Waals surface area contributed by atoms with Gasteiger partial charge >= 0.3 is 12.2 Å². The van der Waals surface area contributed by atoms with Gasteiger partial charge in [-0.25, -0.2) is 14.0 Å². The topological polar surface area (TPSA) is 97.4 Å². The van der Waals surface area contributed by atoms with Gasteiger partial charge in [0, 0.05) is 13.1 Å². The van der Waals surface area contributed by atoms with E-state index in [0.717, 1.165) is 11.1 Å². The predicted octanol–water partition coefficient (Wildman–Crippen LogP) is 3.86. The molecule has 2 aromatic rings. The lowest BCUT2D eigenvalue weighted by Gasteiger charge is -2.28. The maximum atomic E-state index is 13.3. The summed E-state index contributed by atoms with van der Waals surface area (Å²) in [5.41, 5.74) is 0.963. The molecule has 2 heterocycles. The largest absolute Gasteiger partial charge is 0.445 e. The number of hydrogen-bond acceptors (Lipinski definition) is 6. The molecule has 2 fully saturated rings. The van der Waals surface area contributed by atoms with E-state index in [1.807, 2.05) is 30.3 Å². The molecule has 2 aliphatic heterocycles. The van der Waals surface area contributed by atoms with Crippen LogP contribution in [-0.2, 0) is 32.2 Å². The summed E-state index contributed by atoms with van der Waals surface area (Å²) in [5, 5.41) is 2.51. The molecular weight excluding hydrogens is 493 g/mol. The van der Waals surface area contributed by atoms with Gasteiger partial charge in [0.2, 0.25) is 5.91 Å². The lowest BCUT2D eigenvalue weighted by atomic mass is 10.1. The van der Waals surface area contributed by atoms with Crippen LogP contribution in [0.5, 0.6) is 0 Å². The Morgan fingerprint density at radius 1 is 0.974 bits per heavy atom. The Morgan fingerprint density at radius 3 is 2.34 bits per heavy atom. The number of ether oxygens (including phenoxy) is 3. The summed E-state index contributed by atoms with van der Waals surface area (Å²) in [6.45, 7) is 5.97. The van der Waals surface area contributed by atoms with Crippen LogP contribution in [0, 0.1) is 5.82 Å². The normalized spacial score (nSPS) is 20.7. The molecule has 10 heteroatoms. The van der Waals surface area contributed by atoms with Gasteiger partial charge in [-0.3, -0.25) is 4.79 Å². The third-order valence-corrected chi connectivity index (χ3v) is 6.50. The zero-order valence-electron chi connectivity index (χ0n) is 21.9. The maximum absolute atomic E-state index is 13.3. The molecule has 2 saturated heterocycles. The van der Waals surface area contributed by atoms with Crippen molar-refractivity contribution in [1.29, 1.82) is 0 Å². The maximum Gasteiger partial charge on any atom is 0.410 e. The van der Waals surface area contributed by atoms with Gasteiger partial charge in [0.25, 0.3) is 0 Å². The molecule has 204 valence electrons. The molecule has 4 rings (SSSR count). The molecule has 3 amide bonds. The summed E-state index contributed by atoms with van der Waals surface area (Å²) in [7, 11) is 0. The van der Waals surface area contributed by atoms with Gasteiger partial charge in [0.05, 0.1) is 24.8 Å². The standard InChI is InChI=1S/C28H34FN3O6/c1-28(2,3)38-26(34)30-15-24(33)32-16-23(36-17-20-9-11-21(29)12-10-20)25-22(32)13-14-31(25)27(35)37-18-19-7-5-4-6-8-19/h4-12,22-23,25H,13-18H2,1-3H3,(H,30,34)/t22-,23+,25+/m1/s1. The van der Waals surface area contributed by atoms with Crippen LogP contribution in [0.25, 0.3) is 0 Å². The second kappa shape index (κ2) is 11.8. The van der Waals surface area contributed by atoms with E-state index in [1.165, 1.54) is 12.1 Å². The van der Waals surface area contributed by atoms with Gasteiger partial charge < -0.3 is 29.3 Å². The summed E-state index contributed by atoms with van der Waals surface area (Å²) >= 11 is 0. The van der Waals surface area contributed by atoms with Crippen LogP contribution in [0.1, 0.15) is 38.3 Å². The molecule has 2 aromatic carbocycles. The van der Waals surface area contributed by atoms with Crippen molar-refractivity contribution in [2.45, 2.75) is 64.2 Å². The van der Waals surface area contributed by atoms with E-state index in [0.29, 0.717) is 13.0 Å². The van der Waals surface area contributed by atoms with Crippen molar-refractivity contribution in [2.75, 3.05) is 19.6 Å². The van der Waals surface area contributed by atoms with Crippen molar-refractivity contribution in [2.24, 2.45) is 0 Å². The summed E-state index contributed by atoms with van der Waals surface area (Å²) in [4.78, 5) is 41.5. The first-order valence-electron chi connectivity index (χ1n) is 12.7. The predicted molar refractivity (Wildman–Crippen MR) is 136 cm³/mol. The van der Waals surface area contributed by atoms with Crippen LogP contribution in [-0.4, -0.2) is 71.3 Å². The fraction of sp³-hybridized carbons (Fsp3) is 0.464. The van der Waals surface area contributed by atoms with E-state index in [1.54, 1.807) is 42.7 Å². The Balaban J connectivity index is 1.43. The number of hydrogen-bond donors (Lipinski definition) is 1. The Morgan fingerprint density at radius 2 is 1.66 bits per heavy atom. The van der Waals surface area contributed by atoms with E-state index in [-0.39, 0.29) is 44.1 Å². The molecule has 0 saturated carbocycles. The Kier molecular flexibility index (Phi) is 8.51. The summed E-state index contributed by atoms with van der Waals surface area (Å²) in [5.74, 6) is -0.634. The van der Waals surface area contributed by atoms with E-state index in [4.69, 9.17) is 14.2 Å². The van der Waals surface area contributed by atoms with Gasteiger partial charge in [0.15, 0.2) is 0 Å². The van der Waals surface area contributed by atoms with Crippen LogP contribution in [0.3, 0.4) is 0 Å². The van der Waals surface area contributed by atoms with Crippen LogP contribution in [0.2, 0.25) is 0 Å². The number of benzene rings is 2. The highest BCUT2D eigenvalue weighted by atomic mass is 19.1. The summed E-state index contributed by atoms with van der Waals surface area (Å²) < 4.78 is 30.3. The quantitative estimate of drug-likeness (QED) is 0.588. The number of alkyl carbamates (subject to hydrolysis) is 1. The lowest BCUT2D eigenvalue weighted by molar-refractivity contribution is -0.131. The minimum Gasteiger partial charge on any atom is -0.445 e. The number of carbonyl (C=O) groups is 3. The zero-order valence-corrected chi connectivity index (χ0v) is 21.9. The second-order valence-corrected chi connectivity index (χ2v) is 10.5. The van der Waals surface area contributed by atoms with Gasteiger partial charge in [-0.1, -0.05) is 42.5 Å². The van der Waals surface area contributed by atoms with Crippen LogP contribution < -0.4 is 5.32 Å². The van der Waals surface area contributed by atoms with Crippen molar-refractivity contribution in [3.05, 3.63) is 71.5 Å². The van der Waals surface area contributed by atoms with Crippen molar-refractivity contribution < 1.29 is 33.0 Å². The van der Waals surface area contributed by atoms with E-state index < -0.39 is 29.9 Å². The molecule has 0 aromatic heterocycles. The smallest absolute Gasteiger partial charge is 0.410 e. The van der Waals surface area contributed by atoms with Crippen molar-refractivity contribution in [1.82, 2.24) is 15.1 Å². The molecule has 2 aliphatic rings. The Labute approximate surface area is 221 Å². The minimum atomic E-state index is -0.683. The molecule has 0 unspecified atom stereocenters. The number of likely N-dealkylation sites (tertiary alicyclic amines) is 2. The Bertz CT molecular complexity index is 1120. The molecule has 0 bridgehead atoms. The van der Waals surface area contributed by atoms with E-state index in [9.17, 15) is 18.8 Å². The molecular formula is C28H34FN3O6. The molecule has 1 N–H and O–H groups in total. The molecule has 38 heavy (non-hydrogen) atoms. The minimum absolute atomic E-state index is 0.136. The summed E-state index contributed by atoms with van der Waals surface area (Å²) in [6, 6.07) is 14.7. The monoisotopic (exact) mass is 527 g/mol. The highest BCUT2D eigenvalue weighted by molar-refractivity contribution is 5.83. The summed E-state index contributed by atoms with van der Waals surface area (Å²) in [6.07, 6.45) is -1.08. The number of nitrogens with one attached hydrogen (secondary N) is 1. The van der Waals surface area contributed by atoms with E-state index >= 15 is 0 Å². The molecule has 9 nitrogen and oxygen atoms in total. The van der Waals surface area contributed by atoms with Gasteiger partial charge in [-0.15, -0.1) is 0 Å². The molecule has 3 atom stereocenters. The lowest BCUT2D eigenvalue weighted by Crippen LogP contribution is -2.47. The zero-order chi connectivity index (χ0) is 27.3. The fourth-order valence-corrected chi connectivity index (χ4v) is 4.83. The van der Waals surface area contributed by atoms with E-state index in [2.05, 4.69) is 5.32 Å². The van der Waals surface area contributed by atoms with Gasteiger partial charge in [-0.05, 0) is 50.5 Å². The first-order valence-corrected chi connectivity index (χ1v) is 12.7. The van der Waals surface area contributed by atoms with Gasteiger partial charge in [-0.2, -0.15) is 0 Å². The number of rotatable bonds is 7. The van der Waals surface area contributed by atoms with Crippen LogP contribution in [0.15, 0.2) is 54.6 Å². The van der Waals surface area contributed by atoms with Crippen molar-refractivity contribution in [3.63, 3.8) is 0 Å². The SMILES string of the molecule is CC(C)(C)OC(=O)NCC(=O)N1C[C@H](OCc2ccc(F)cc2)[C@@H]2[C@H]1CCN2C(=O)OCc1ccccc1. The molecule has 0 aliphatic carbocycles. The average molecular weight is 528 g/mol. The number of fused-ring (bicyclic) bond motifs is 1. The second-order valence-electron chi connectivity index (χ2n) is 10.5. The third kappa shape index (κ3) is 7.00. The van der Waals surface area contributed by atoms with Crippen molar-refractivity contribution >= 4 is 18.1 Å². The van der Waals surface area contributed by atoms with Crippen LogP contribution >= 0.6 is 0 Å². The van der Waals surface area contributed by atoms with Crippen molar-refractivity contribution in [3.8, 4) is 0 Å². The van der Waals surface area contributed by atoms with Gasteiger partial charge in [0.1, 0.15) is 24.6 Å². The highest BCUT2D eigenvalue weighted by Gasteiger charge is 2.52. The fourth-order valence-electron chi connectivity index (χ4n) is 4.83. The molecule has 0 radical (unpaired) electrons. The number of amides is 3. The molecule has 0 spiro atoms. The first kappa shape index (κ1) is 27.4. The number of halogens is 1. The highest BCUT2D eigenvalue weighted by Crippen LogP contribution is 2.34. The number of carbonyl (C=O) groups excluding carboxylic acids is 3. The Hall–Kier alpha value is -3.66. The van der Waals surface area contributed by atoms with Crippen LogP contribution in [0.4, 0.5) is 14.0 Å². The third-order valence-electron chi connectivity index (χ3n) is 6.50. The first-order chi connectivity index (χ1) is 18.1. The average Bonchev–Trinajstić information content (AvgIpc) is 3.46.